The Bertz CT molecular complexity index is 297. The van der Waals surface area contributed by atoms with E-state index in [2.05, 4.69) is 31.2 Å². The first-order chi connectivity index (χ1) is 6.18. The Balaban J connectivity index is 2.41. The van der Waals surface area contributed by atoms with Crippen molar-refractivity contribution in [3.8, 4) is 0 Å². The van der Waals surface area contributed by atoms with Crippen molar-refractivity contribution in [1.29, 1.82) is 5.41 Å². The number of aryl methyl sites for hydroxylation is 1. The molecule has 0 aliphatic heterocycles. The number of nitrogens with two attached hydrogens (primary N) is 1. The number of hydrogen-bond acceptors (Lipinski definition) is 2. The number of benzene rings is 1. The lowest BCUT2D eigenvalue weighted by Crippen LogP contribution is -2.12. The molecule has 0 spiro atoms. The van der Waals surface area contributed by atoms with Crippen LogP contribution in [0.2, 0.25) is 0 Å². The fourth-order valence-corrected chi connectivity index (χ4v) is 1.82. The van der Waals surface area contributed by atoms with Gasteiger partial charge in [-0.25, -0.2) is 0 Å². The zero-order chi connectivity index (χ0) is 9.68. The van der Waals surface area contributed by atoms with Gasteiger partial charge in [-0.05, 0) is 12.5 Å². The molecule has 3 heteroatoms. The van der Waals surface area contributed by atoms with Crippen LogP contribution in [0.25, 0.3) is 0 Å². The predicted octanol–water partition coefficient (Wildman–Crippen LogP) is 2.16. The van der Waals surface area contributed by atoms with E-state index in [-0.39, 0.29) is 5.84 Å². The van der Waals surface area contributed by atoms with Crippen molar-refractivity contribution in [2.45, 2.75) is 12.7 Å². The van der Waals surface area contributed by atoms with Gasteiger partial charge in [0.25, 0.3) is 0 Å². The summed E-state index contributed by atoms with van der Waals surface area (Å²) in [6, 6.07) is 8.39. The van der Waals surface area contributed by atoms with Crippen LogP contribution in [-0.2, 0) is 5.75 Å². The Morgan fingerprint density at radius 1 is 1.54 bits per heavy atom. The van der Waals surface area contributed by atoms with Crippen LogP contribution in [0.15, 0.2) is 24.3 Å². The van der Waals surface area contributed by atoms with Gasteiger partial charge in [-0.3, -0.25) is 5.41 Å². The van der Waals surface area contributed by atoms with Gasteiger partial charge in [0.15, 0.2) is 0 Å². The molecule has 0 heterocycles. The van der Waals surface area contributed by atoms with Crippen molar-refractivity contribution in [2.75, 3.05) is 5.75 Å². The number of nitrogens with one attached hydrogen (secondary N) is 1. The molecule has 1 aromatic rings. The smallest absolute Gasteiger partial charge is 0.101 e. The minimum Gasteiger partial charge on any atom is -0.387 e. The fourth-order valence-electron chi connectivity index (χ4n) is 1.08. The fraction of sp³-hybridized carbons (Fsp3) is 0.300. The third kappa shape index (κ3) is 3.99. The molecule has 0 aromatic heterocycles. The first-order valence-electron chi connectivity index (χ1n) is 4.14. The van der Waals surface area contributed by atoms with E-state index < -0.39 is 0 Å². The highest BCUT2D eigenvalue weighted by atomic mass is 32.2. The SMILES string of the molecule is Cc1cccc(CSCC(=N)N)c1. The van der Waals surface area contributed by atoms with E-state index in [1.807, 2.05) is 0 Å². The summed E-state index contributed by atoms with van der Waals surface area (Å²) in [5.74, 6) is 1.80. The lowest BCUT2D eigenvalue weighted by atomic mass is 10.2. The first kappa shape index (κ1) is 10.1. The summed E-state index contributed by atoms with van der Waals surface area (Å²) in [7, 11) is 0. The molecule has 0 saturated heterocycles. The normalized spacial score (nSPS) is 9.92. The van der Waals surface area contributed by atoms with Crippen LogP contribution in [0.4, 0.5) is 0 Å². The average molecular weight is 194 g/mol. The van der Waals surface area contributed by atoms with Crippen LogP contribution in [0.3, 0.4) is 0 Å². The van der Waals surface area contributed by atoms with Crippen LogP contribution in [-0.4, -0.2) is 11.6 Å². The van der Waals surface area contributed by atoms with Gasteiger partial charge in [-0.15, -0.1) is 11.8 Å². The minimum absolute atomic E-state index is 0.248. The highest BCUT2D eigenvalue weighted by molar-refractivity contribution is 7.99. The molecule has 1 rings (SSSR count). The van der Waals surface area contributed by atoms with Crippen molar-refractivity contribution >= 4 is 17.6 Å². The summed E-state index contributed by atoms with van der Waals surface area (Å²) in [6.45, 7) is 2.08. The molecule has 0 amide bonds. The topological polar surface area (TPSA) is 49.9 Å². The van der Waals surface area contributed by atoms with Gasteiger partial charge < -0.3 is 5.73 Å². The summed E-state index contributed by atoms with van der Waals surface area (Å²) < 4.78 is 0. The zero-order valence-corrected chi connectivity index (χ0v) is 8.53. The molecule has 0 bridgehead atoms. The lowest BCUT2D eigenvalue weighted by Gasteiger charge is -2.01. The van der Waals surface area contributed by atoms with E-state index in [4.69, 9.17) is 11.1 Å². The predicted molar refractivity (Wildman–Crippen MR) is 59.3 cm³/mol. The van der Waals surface area contributed by atoms with Crippen LogP contribution >= 0.6 is 11.8 Å². The van der Waals surface area contributed by atoms with Gasteiger partial charge >= 0.3 is 0 Å². The van der Waals surface area contributed by atoms with Crippen molar-refractivity contribution < 1.29 is 0 Å². The van der Waals surface area contributed by atoms with Gasteiger partial charge in [0.2, 0.25) is 0 Å². The largest absolute Gasteiger partial charge is 0.387 e. The third-order valence-electron chi connectivity index (χ3n) is 1.61. The summed E-state index contributed by atoms with van der Waals surface area (Å²) >= 11 is 1.67. The Morgan fingerprint density at radius 2 is 2.31 bits per heavy atom. The molecule has 0 radical (unpaired) electrons. The number of thioether (sulfide) groups is 1. The lowest BCUT2D eigenvalue weighted by molar-refractivity contribution is 1.35. The maximum Gasteiger partial charge on any atom is 0.101 e. The monoisotopic (exact) mass is 194 g/mol. The van der Waals surface area contributed by atoms with Crippen LogP contribution in [0.5, 0.6) is 0 Å². The molecule has 0 saturated carbocycles. The molecule has 70 valence electrons. The van der Waals surface area contributed by atoms with E-state index in [1.165, 1.54) is 11.1 Å². The minimum atomic E-state index is 0.248. The Morgan fingerprint density at radius 3 is 2.92 bits per heavy atom. The second-order valence-electron chi connectivity index (χ2n) is 3.01. The van der Waals surface area contributed by atoms with Crippen molar-refractivity contribution in [3.05, 3.63) is 35.4 Å². The molecule has 1 aromatic carbocycles. The quantitative estimate of drug-likeness (QED) is 0.570. The highest BCUT2D eigenvalue weighted by Crippen LogP contribution is 2.12. The van der Waals surface area contributed by atoms with E-state index in [0.29, 0.717) is 5.75 Å². The zero-order valence-electron chi connectivity index (χ0n) is 7.71. The molecule has 0 aliphatic rings. The second kappa shape index (κ2) is 4.92. The van der Waals surface area contributed by atoms with Gasteiger partial charge in [0.05, 0.1) is 5.75 Å². The third-order valence-corrected chi connectivity index (χ3v) is 2.66. The molecule has 13 heavy (non-hydrogen) atoms. The maximum absolute atomic E-state index is 7.06. The first-order valence-corrected chi connectivity index (χ1v) is 5.30. The number of amidine groups is 1. The Labute approximate surface area is 83.0 Å². The van der Waals surface area contributed by atoms with Crippen molar-refractivity contribution in [3.63, 3.8) is 0 Å². The van der Waals surface area contributed by atoms with Crippen LogP contribution in [0, 0.1) is 12.3 Å². The summed E-state index contributed by atoms with van der Waals surface area (Å²) in [4.78, 5) is 0. The van der Waals surface area contributed by atoms with E-state index in [9.17, 15) is 0 Å². The summed E-state index contributed by atoms with van der Waals surface area (Å²) in [5, 5.41) is 7.06. The van der Waals surface area contributed by atoms with Crippen molar-refractivity contribution in [1.82, 2.24) is 0 Å². The van der Waals surface area contributed by atoms with Gasteiger partial charge in [0.1, 0.15) is 5.84 Å². The molecule has 0 atom stereocenters. The van der Waals surface area contributed by atoms with Gasteiger partial charge in [-0.2, -0.15) is 0 Å². The Hall–Kier alpha value is -0.960. The summed E-state index contributed by atoms with van der Waals surface area (Å²) in [5.41, 5.74) is 7.83. The number of hydrogen-bond donors (Lipinski definition) is 2. The van der Waals surface area contributed by atoms with Crippen LogP contribution in [0.1, 0.15) is 11.1 Å². The summed E-state index contributed by atoms with van der Waals surface area (Å²) in [6.07, 6.45) is 0. The standard InChI is InChI=1S/C10H14N2S/c1-8-3-2-4-9(5-8)6-13-7-10(11)12/h2-5H,6-7H2,1H3,(H3,11,12). The molecule has 0 fully saturated rings. The van der Waals surface area contributed by atoms with Gasteiger partial charge in [0, 0.05) is 5.75 Å². The molecular weight excluding hydrogens is 180 g/mol. The van der Waals surface area contributed by atoms with Crippen LogP contribution < -0.4 is 5.73 Å². The molecule has 2 nitrogen and oxygen atoms in total. The number of rotatable bonds is 4. The molecule has 0 aliphatic carbocycles. The maximum atomic E-state index is 7.06. The molecule has 3 N–H and O–H groups in total. The molecular formula is C10H14N2S. The van der Waals surface area contributed by atoms with E-state index in [1.54, 1.807) is 11.8 Å². The van der Waals surface area contributed by atoms with E-state index >= 15 is 0 Å². The average Bonchev–Trinajstić information content (AvgIpc) is 2.03. The highest BCUT2D eigenvalue weighted by Gasteiger charge is 1.94. The second-order valence-corrected chi connectivity index (χ2v) is 3.99. The van der Waals surface area contributed by atoms with E-state index in [0.717, 1.165) is 5.75 Å². The molecule has 0 unspecified atom stereocenters. The Kier molecular flexibility index (Phi) is 3.83. The van der Waals surface area contributed by atoms with Gasteiger partial charge in [-0.1, -0.05) is 29.8 Å². The van der Waals surface area contributed by atoms with Crippen molar-refractivity contribution in [2.24, 2.45) is 5.73 Å².